The molecule has 0 saturated carbocycles. The molecule has 2 N–H and O–H groups in total. The summed E-state index contributed by atoms with van der Waals surface area (Å²) in [5.74, 6) is 0. The van der Waals surface area contributed by atoms with Crippen LogP contribution in [0.25, 0.3) is 0 Å². The molecule has 0 atom stereocenters. The molecule has 7 nitrogen and oxygen atoms in total. The maximum Gasteiger partial charge on any atom is 0.189 e. The van der Waals surface area contributed by atoms with Crippen molar-refractivity contribution in [2.24, 2.45) is 5.10 Å². The van der Waals surface area contributed by atoms with Crippen LogP contribution in [0.3, 0.4) is 0 Å². The van der Waals surface area contributed by atoms with E-state index in [-0.39, 0.29) is 0 Å². The van der Waals surface area contributed by atoms with Crippen molar-refractivity contribution < 1.29 is 0 Å². The quantitative estimate of drug-likeness (QED) is 0.468. The maximum absolute atomic E-state index is 8.73. The molecule has 1 saturated heterocycles. The summed E-state index contributed by atoms with van der Waals surface area (Å²) >= 11 is 5.43. The van der Waals surface area contributed by atoms with Gasteiger partial charge in [0.15, 0.2) is 5.11 Å². The number of rotatable bonds is 2. The van der Waals surface area contributed by atoms with Crippen LogP contribution in [0.5, 0.6) is 0 Å². The fraction of sp³-hybridized carbons (Fsp3) is 0.467. The number of anilines is 1. The van der Waals surface area contributed by atoms with E-state index in [0.717, 1.165) is 56.2 Å². The number of nitrogens with one attached hydrogen (secondary N) is 2. The molecular weight excluding hydrogens is 310 g/mol. The molecule has 0 bridgehead atoms. The first-order valence-electron chi connectivity index (χ1n) is 7.68. The van der Waals surface area contributed by atoms with Crippen molar-refractivity contribution in [1.29, 1.82) is 5.26 Å². The Bertz CT molecular complexity index is 643. The highest BCUT2D eigenvalue weighted by Gasteiger charge is 2.19. The van der Waals surface area contributed by atoms with Crippen LogP contribution < -0.4 is 10.7 Å². The SMILES string of the molecule is N#CCN1CCN(C(=S)N/N=C2/CCNc3cccnc32)CC1. The zero-order valence-corrected chi connectivity index (χ0v) is 13.6. The number of pyridine rings is 1. The van der Waals surface area contributed by atoms with Crippen molar-refractivity contribution in [3.8, 4) is 6.07 Å². The van der Waals surface area contributed by atoms with Gasteiger partial charge in [-0.3, -0.25) is 15.3 Å². The second-order valence-corrected chi connectivity index (χ2v) is 5.86. The molecule has 120 valence electrons. The fourth-order valence-corrected chi connectivity index (χ4v) is 2.94. The van der Waals surface area contributed by atoms with Crippen LogP contribution in [-0.4, -0.2) is 64.9 Å². The Hall–Kier alpha value is -2.24. The molecule has 23 heavy (non-hydrogen) atoms. The van der Waals surface area contributed by atoms with E-state index in [1.54, 1.807) is 6.20 Å². The highest BCUT2D eigenvalue weighted by atomic mass is 32.1. The van der Waals surface area contributed by atoms with Crippen molar-refractivity contribution in [3.05, 3.63) is 24.0 Å². The van der Waals surface area contributed by atoms with Crippen LogP contribution in [0.15, 0.2) is 23.4 Å². The van der Waals surface area contributed by atoms with Gasteiger partial charge < -0.3 is 10.2 Å². The van der Waals surface area contributed by atoms with Crippen LogP contribution in [0, 0.1) is 11.3 Å². The molecule has 2 aliphatic rings. The number of hydrogen-bond acceptors (Lipinski definition) is 6. The summed E-state index contributed by atoms with van der Waals surface area (Å²) < 4.78 is 0. The standard InChI is InChI=1S/C15H19N7S/c16-4-7-21-8-10-22(11-9-21)15(23)20-19-13-3-6-17-12-2-1-5-18-14(12)13/h1-2,5,17H,3,6-11H2,(H,20,23)/b19-13-. The Morgan fingerprint density at radius 3 is 3.04 bits per heavy atom. The van der Waals surface area contributed by atoms with E-state index in [9.17, 15) is 0 Å². The van der Waals surface area contributed by atoms with Crippen LogP contribution in [0.1, 0.15) is 12.1 Å². The van der Waals surface area contributed by atoms with Crippen LogP contribution in [0.2, 0.25) is 0 Å². The smallest absolute Gasteiger partial charge is 0.189 e. The molecule has 0 aromatic carbocycles. The zero-order valence-electron chi connectivity index (χ0n) is 12.8. The molecule has 0 aliphatic carbocycles. The largest absolute Gasteiger partial charge is 0.383 e. The van der Waals surface area contributed by atoms with Crippen LogP contribution in [-0.2, 0) is 0 Å². The normalized spacial score (nSPS) is 19.6. The number of nitrogens with zero attached hydrogens (tertiary/aromatic N) is 5. The molecule has 0 radical (unpaired) electrons. The number of nitriles is 1. The van der Waals surface area contributed by atoms with E-state index < -0.39 is 0 Å². The number of thiocarbonyl (C=S) groups is 1. The maximum atomic E-state index is 8.73. The lowest BCUT2D eigenvalue weighted by Gasteiger charge is -2.34. The second-order valence-electron chi connectivity index (χ2n) is 5.47. The van der Waals surface area contributed by atoms with Crippen molar-refractivity contribution in [1.82, 2.24) is 20.2 Å². The molecule has 0 amide bonds. The lowest BCUT2D eigenvalue weighted by molar-refractivity contribution is 0.198. The number of fused-ring (bicyclic) bond motifs is 1. The van der Waals surface area contributed by atoms with Crippen LogP contribution in [0.4, 0.5) is 5.69 Å². The van der Waals surface area contributed by atoms with Gasteiger partial charge in [-0.05, 0) is 24.4 Å². The Kier molecular flexibility index (Phi) is 5.00. The van der Waals surface area contributed by atoms with Gasteiger partial charge in [0.05, 0.1) is 24.0 Å². The molecule has 0 spiro atoms. The lowest BCUT2D eigenvalue weighted by atomic mass is 10.1. The summed E-state index contributed by atoms with van der Waals surface area (Å²) in [5.41, 5.74) is 5.82. The predicted octanol–water partition coefficient (Wildman–Crippen LogP) is 0.617. The number of hydrogen-bond donors (Lipinski definition) is 2. The Morgan fingerprint density at radius 2 is 2.26 bits per heavy atom. The second kappa shape index (κ2) is 7.35. The number of aromatic nitrogens is 1. The zero-order chi connectivity index (χ0) is 16.1. The molecule has 3 rings (SSSR count). The Morgan fingerprint density at radius 1 is 1.43 bits per heavy atom. The number of piperazine rings is 1. The first-order chi connectivity index (χ1) is 11.3. The monoisotopic (exact) mass is 329 g/mol. The average Bonchev–Trinajstić information content (AvgIpc) is 2.60. The minimum absolute atomic E-state index is 0.478. The third-order valence-corrected chi connectivity index (χ3v) is 4.35. The van der Waals surface area contributed by atoms with E-state index in [2.05, 4.69) is 36.7 Å². The average molecular weight is 329 g/mol. The molecule has 1 aromatic rings. The van der Waals surface area contributed by atoms with Gasteiger partial charge in [0.25, 0.3) is 0 Å². The van der Waals surface area contributed by atoms with E-state index in [0.29, 0.717) is 11.7 Å². The van der Waals surface area contributed by atoms with Crippen molar-refractivity contribution in [3.63, 3.8) is 0 Å². The summed E-state index contributed by atoms with van der Waals surface area (Å²) in [5, 5.41) is 17.1. The van der Waals surface area contributed by atoms with Gasteiger partial charge in [0.1, 0.15) is 5.69 Å². The first-order valence-corrected chi connectivity index (χ1v) is 8.09. The van der Waals surface area contributed by atoms with E-state index >= 15 is 0 Å². The topological polar surface area (TPSA) is 79.6 Å². The van der Waals surface area contributed by atoms with Gasteiger partial charge in [0.2, 0.25) is 0 Å². The van der Waals surface area contributed by atoms with Gasteiger partial charge >= 0.3 is 0 Å². The molecule has 0 unspecified atom stereocenters. The lowest BCUT2D eigenvalue weighted by Crippen LogP contribution is -2.51. The van der Waals surface area contributed by atoms with Gasteiger partial charge in [0, 0.05) is 45.3 Å². The van der Waals surface area contributed by atoms with Crippen molar-refractivity contribution in [2.75, 3.05) is 44.6 Å². The molecule has 2 aliphatic heterocycles. The summed E-state index contributed by atoms with van der Waals surface area (Å²) in [4.78, 5) is 8.61. The number of hydrazone groups is 1. The minimum Gasteiger partial charge on any atom is -0.383 e. The van der Waals surface area contributed by atoms with Gasteiger partial charge in [-0.2, -0.15) is 10.4 Å². The Labute approximate surface area is 141 Å². The third kappa shape index (κ3) is 3.75. The molecule has 1 fully saturated rings. The highest BCUT2D eigenvalue weighted by molar-refractivity contribution is 7.80. The Balaban J connectivity index is 1.59. The third-order valence-electron chi connectivity index (χ3n) is 4.00. The highest BCUT2D eigenvalue weighted by Crippen LogP contribution is 2.18. The van der Waals surface area contributed by atoms with Gasteiger partial charge in [-0.25, -0.2) is 0 Å². The summed E-state index contributed by atoms with van der Waals surface area (Å²) in [6, 6.07) is 6.10. The molecular formula is C15H19N7S. The first kappa shape index (κ1) is 15.6. The van der Waals surface area contributed by atoms with Crippen molar-refractivity contribution >= 4 is 28.7 Å². The van der Waals surface area contributed by atoms with Gasteiger partial charge in [-0.15, -0.1) is 0 Å². The summed E-state index contributed by atoms with van der Waals surface area (Å²) in [7, 11) is 0. The minimum atomic E-state index is 0.478. The van der Waals surface area contributed by atoms with Crippen molar-refractivity contribution in [2.45, 2.75) is 6.42 Å². The van der Waals surface area contributed by atoms with E-state index in [1.807, 2.05) is 12.1 Å². The van der Waals surface area contributed by atoms with E-state index in [4.69, 9.17) is 17.5 Å². The fourth-order valence-electron chi connectivity index (χ4n) is 2.72. The summed E-state index contributed by atoms with van der Waals surface area (Å²) in [6.07, 6.45) is 2.59. The predicted molar refractivity (Wildman–Crippen MR) is 93.2 cm³/mol. The molecule has 3 heterocycles. The summed E-state index contributed by atoms with van der Waals surface area (Å²) in [6.45, 7) is 4.65. The molecule has 8 heteroatoms. The van der Waals surface area contributed by atoms with Crippen LogP contribution >= 0.6 is 12.2 Å². The molecule has 1 aromatic heterocycles. The van der Waals surface area contributed by atoms with Gasteiger partial charge in [-0.1, -0.05) is 0 Å². The van der Waals surface area contributed by atoms with E-state index in [1.165, 1.54) is 0 Å².